The van der Waals surface area contributed by atoms with Crippen molar-refractivity contribution >= 4 is 5.97 Å². The van der Waals surface area contributed by atoms with Gasteiger partial charge in [-0.25, -0.2) is 0 Å². The first-order chi connectivity index (χ1) is 7.33. The molecule has 0 fully saturated rings. The topological polar surface area (TPSA) is 52.1 Å². The lowest BCUT2D eigenvalue weighted by Crippen LogP contribution is -2.03. The van der Waals surface area contributed by atoms with Gasteiger partial charge >= 0.3 is 5.97 Å². The van der Waals surface area contributed by atoms with E-state index in [9.17, 15) is 4.79 Å². The van der Waals surface area contributed by atoms with Crippen molar-refractivity contribution in [3.8, 4) is 0 Å². The molecule has 1 aromatic rings. The van der Waals surface area contributed by atoms with Crippen molar-refractivity contribution < 1.29 is 9.53 Å². The van der Waals surface area contributed by atoms with Crippen molar-refractivity contribution in [1.82, 2.24) is 10.2 Å². The van der Waals surface area contributed by atoms with E-state index in [-0.39, 0.29) is 5.97 Å². The van der Waals surface area contributed by atoms with Crippen LogP contribution in [0.2, 0.25) is 0 Å². The summed E-state index contributed by atoms with van der Waals surface area (Å²) in [4.78, 5) is 11.0. The van der Waals surface area contributed by atoms with E-state index in [4.69, 9.17) is 4.74 Å². The Morgan fingerprint density at radius 2 is 2.33 bits per heavy atom. The first kappa shape index (κ1) is 11.6. The van der Waals surface area contributed by atoms with Gasteiger partial charge in [0.25, 0.3) is 0 Å². The molecule has 0 saturated heterocycles. The van der Waals surface area contributed by atoms with E-state index in [1.165, 1.54) is 0 Å². The molecule has 0 saturated carbocycles. The van der Waals surface area contributed by atoms with E-state index in [1.54, 1.807) is 6.20 Å². The van der Waals surface area contributed by atoms with Gasteiger partial charge in [0.15, 0.2) is 0 Å². The molecule has 0 unspecified atom stereocenters. The summed E-state index contributed by atoms with van der Waals surface area (Å²) < 4.78 is 4.83. The Morgan fingerprint density at radius 1 is 1.47 bits per heavy atom. The first-order valence-electron chi connectivity index (χ1n) is 5.25. The highest BCUT2D eigenvalue weighted by Crippen LogP contribution is 2.03. The number of esters is 1. The number of nitrogens with zero attached hydrogens (tertiary/aromatic N) is 2. The zero-order valence-electron chi connectivity index (χ0n) is 8.98. The molecular formula is C11H16N2O2. The molecule has 0 bridgehead atoms. The average Bonchev–Trinajstić information content (AvgIpc) is 2.26. The highest BCUT2D eigenvalue weighted by Gasteiger charge is 2.01. The minimum absolute atomic E-state index is 0.114. The maximum atomic E-state index is 11.0. The molecule has 82 valence electrons. The van der Waals surface area contributed by atoms with Gasteiger partial charge in [0.1, 0.15) is 0 Å². The van der Waals surface area contributed by atoms with Gasteiger partial charge in [-0.15, -0.1) is 0 Å². The van der Waals surface area contributed by atoms with Crippen molar-refractivity contribution in [3.05, 3.63) is 24.0 Å². The molecule has 0 atom stereocenters. The Bertz CT molecular complexity index is 288. The SMILES string of the molecule is CCOC(=O)CCCCc1cccnn1. The van der Waals surface area contributed by atoms with E-state index in [2.05, 4.69) is 10.2 Å². The van der Waals surface area contributed by atoms with Crippen LogP contribution in [-0.4, -0.2) is 22.8 Å². The summed E-state index contributed by atoms with van der Waals surface area (Å²) in [7, 11) is 0. The van der Waals surface area contributed by atoms with Gasteiger partial charge in [-0.1, -0.05) is 0 Å². The summed E-state index contributed by atoms with van der Waals surface area (Å²) in [6.45, 7) is 2.28. The van der Waals surface area contributed by atoms with E-state index >= 15 is 0 Å². The third-order valence-corrected chi connectivity index (χ3v) is 2.00. The van der Waals surface area contributed by atoms with Crippen molar-refractivity contribution in [3.63, 3.8) is 0 Å². The number of aromatic nitrogens is 2. The van der Waals surface area contributed by atoms with Crippen molar-refractivity contribution in [1.29, 1.82) is 0 Å². The molecule has 0 aromatic carbocycles. The van der Waals surface area contributed by atoms with Crippen LogP contribution in [0.3, 0.4) is 0 Å². The number of hydrogen-bond acceptors (Lipinski definition) is 4. The molecule has 1 heterocycles. The van der Waals surface area contributed by atoms with Crippen LogP contribution in [-0.2, 0) is 16.0 Å². The van der Waals surface area contributed by atoms with E-state index in [0.717, 1.165) is 25.0 Å². The Hall–Kier alpha value is -1.45. The third kappa shape index (κ3) is 5.10. The van der Waals surface area contributed by atoms with Gasteiger partial charge in [0.05, 0.1) is 12.3 Å². The van der Waals surface area contributed by atoms with E-state index < -0.39 is 0 Å². The molecule has 4 heteroatoms. The summed E-state index contributed by atoms with van der Waals surface area (Å²) in [6, 6.07) is 3.81. The molecule has 1 rings (SSSR count). The number of hydrogen-bond donors (Lipinski definition) is 0. The minimum Gasteiger partial charge on any atom is -0.466 e. The molecule has 0 aliphatic rings. The third-order valence-electron chi connectivity index (χ3n) is 2.00. The average molecular weight is 208 g/mol. The zero-order chi connectivity index (χ0) is 10.9. The van der Waals surface area contributed by atoms with Crippen LogP contribution in [0, 0.1) is 0 Å². The standard InChI is InChI=1S/C11H16N2O2/c1-2-15-11(14)8-4-3-6-10-7-5-9-12-13-10/h5,7,9H,2-4,6,8H2,1H3. The van der Waals surface area contributed by atoms with Crippen LogP contribution < -0.4 is 0 Å². The van der Waals surface area contributed by atoms with Crippen LogP contribution in [0.25, 0.3) is 0 Å². The van der Waals surface area contributed by atoms with Gasteiger partial charge < -0.3 is 4.74 Å². The fourth-order valence-corrected chi connectivity index (χ4v) is 1.28. The van der Waals surface area contributed by atoms with E-state index in [0.29, 0.717) is 13.0 Å². The number of carbonyl (C=O) groups is 1. The van der Waals surface area contributed by atoms with Crippen LogP contribution >= 0.6 is 0 Å². The van der Waals surface area contributed by atoms with Gasteiger partial charge in [0, 0.05) is 12.6 Å². The summed E-state index contributed by atoms with van der Waals surface area (Å²) in [5.74, 6) is -0.114. The Morgan fingerprint density at radius 3 is 3.00 bits per heavy atom. The molecule has 1 aromatic heterocycles. The first-order valence-corrected chi connectivity index (χ1v) is 5.25. The number of ether oxygens (including phenoxy) is 1. The van der Waals surface area contributed by atoms with Crippen LogP contribution in [0.15, 0.2) is 18.3 Å². The van der Waals surface area contributed by atoms with Gasteiger partial charge in [0.2, 0.25) is 0 Å². The Kier molecular flexibility index (Phi) is 5.37. The second-order valence-electron chi connectivity index (χ2n) is 3.23. The van der Waals surface area contributed by atoms with Gasteiger partial charge in [-0.2, -0.15) is 10.2 Å². The highest BCUT2D eigenvalue weighted by molar-refractivity contribution is 5.69. The van der Waals surface area contributed by atoms with Gasteiger partial charge in [-0.05, 0) is 38.3 Å². The quantitative estimate of drug-likeness (QED) is 0.528. The van der Waals surface area contributed by atoms with Crippen LogP contribution in [0.4, 0.5) is 0 Å². The molecule has 0 amide bonds. The number of aryl methyl sites for hydroxylation is 1. The fourth-order valence-electron chi connectivity index (χ4n) is 1.28. The predicted molar refractivity (Wildman–Crippen MR) is 56.2 cm³/mol. The zero-order valence-corrected chi connectivity index (χ0v) is 8.98. The largest absolute Gasteiger partial charge is 0.466 e. The molecule has 15 heavy (non-hydrogen) atoms. The summed E-state index contributed by atoms with van der Waals surface area (Å²) in [6.07, 6.45) is 4.80. The maximum absolute atomic E-state index is 11.0. The monoisotopic (exact) mass is 208 g/mol. The molecular weight excluding hydrogens is 192 g/mol. The molecule has 0 aliphatic heterocycles. The number of rotatable bonds is 6. The highest BCUT2D eigenvalue weighted by atomic mass is 16.5. The summed E-state index contributed by atoms with van der Waals surface area (Å²) in [5.41, 5.74) is 0.973. The Balaban J connectivity index is 2.10. The molecule has 0 aliphatic carbocycles. The summed E-state index contributed by atoms with van der Waals surface area (Å²) >= 11 is 0. The lowest BCUT2D eigenvalue weighted by Gasteiger charge is -2.01. The van der Waals surface area contributed by atoms with Crippen molar-refractivity contribution in [2.75, 3.05) is 6.61 Å². The van der Waals surface area contributed by atoms with Crippen molar-refractivity contribution in [2.24, 2.45) is 0 Å². The van der Waals surface area contributed by atoms with Crippen LogP contribution in [0.1, 0.15) is 31.9 Å². The second kappa shape index (κ2) is 6.92. The lowest BCUT2D eigenvalue weighted by atomic mass is 10.1. The van der Waals surface area contributed by atoms with Crippen molar-refractivity contribution in [2.45, 2.75) is 32.6 Å². The maximum Gasteiger partial charge on any atom is 0.305 e. The molecule has 0 N–H and O–H groups in total. The molecule has 4 nitrogen and oxygen atoms in total. The number of unbranched alkanes of at least 4 members (excludes halogenated alkanes) is 1. The minimum atomic E-state index is -0.114. The molecule has 0 spiro atoms. The van der Waals surface area contributed by atoms with Crippen LogP contribution in [0.5, 0.6) is 0 Å². The lowest BCUT2D eigenvalue weighted by molar-refractivity contribution is -0.143. The number of carbonyl (C=O) groups excluding carboxylic acids is 1. The Labute approximate surface area is 89.7 Å². The van der Waals surface area contributed by atoms with E-state index in [1.807, 2.05) is 19.1 Å². The second-order valence-corrected chi connectivity index (χ2v) is 3.23. The summed E-state index contributed by atoms with van der Waals surface area (Å²) in [5, 5.41) is 7.75. The van der Waals surface area contributed by atoms with Gasteiger partial charge in [-0.3, -0.25) is 4.79 Å². The smallest absolute Gasteiger partial charge is 0.305 e. The normalized spacial score (nSPS) is 9.93. The fraction of sp³-hybridized carbons (Fsp3) is 0.545. The predicted octanol–water partition coefficient (Wildman–Crippen LogP) is 1.75. The molecule has 0 radical (unpaired) electrons.